The first kappa shape index (κ1) is 15.0. The van der Waals surface area contributed by atoms with Crippen LogP contribution in [-0.4, -0.2) is 68.1 Å². The summed E-state index contributed by atoms with van der Waals surface area (Å²) >= 11 is 0. The number of ketones is 1. The number of carbonyl (C=O) groups excluding carboxylic acids is 1. The van der Waals surface area contributed by atoms with Gasteiger partial charge in [0.05, 0.1) is 6.61 Å². The molecule has 110 valence electrons. The molecule has 1 aliphatic rings. The van der Waals surface area contributed by atoms with Gasteiger partial charge in [0.15, 0.2) is 0 Å². The summed E-state index contributed by atoms with van der Waals surface area (Å²) in [6.07, 6.45) is -6.85. The first-order valence-electron chi connectivity index (χ1n) is 6.07. The Morgan fingerprint density at radius 1 is 1.15 bits per heavy atom. The standard InChI is InChI=1S/C13H16O7/c14-6-8-9(15)10(16)12(18)13(19,20-8)11(17)7-4-2-1-3-5-7/h1-5,8-10,12,14-16,18-19H,6H2/t8-,9-,10+,12+,13?/m1/s1. The third kappa shape index (κ3) is 2.35. The minimum Gasteiger partial charge on any atom is -0.394 e. The molecule has 0 spiro atoms. The number of aliphatic hydroxyl groups is 5. The Kier molecular flexibility index (Phi) is 4.19. The number of ether oxygens (including phenoxy) is 1. The molecule has 0 bridgehead atoms. The van der Waals surface area contributed by atoms with E-state index in [4.69, 9.17) is 9.84 Å². The summed E-state index contributed by atoms with van der Waals surface area (Å²) in [4.78, 5) is 12.2. The first-order valence-corrected chi connectivity index (χ1v) is 6.07. The Hall–Kier alpha value is -1.35. The number of aliphatic hydroxyl groups excluding tert-OH is 4. The van der Waals surface area contributed by atoms with E-state index < -0.39 is 42.6 Å². The fraction of sp³-hybridized carbons (Fsp3) is 0.462. The lowest BCUT2D eigenvalue weighted by molar-refractivity contribution is -0.322. The number of carbonyl (C=O) groups is 1. The molecule has 1 saturated heterocycles. The van der Waals surface area contributed by atoms with Crippen molar-refractivity contribution < 1.29 is 35.1 Å². The van der Waals surface area contributed by atoms with Crippen LogP contribution in [0.25, 0.3) is 0 Å². The second-order valence-corrected chi connectivity index (χ2v) is 4.66. The van der Waals surface area contributed by atoms with E-state index in [0.717, 1.165) is 0 Å². The monoisotopic (exact) mass is 284 g/mol. The minimum atomic E-state index is -2.73. The van der Waals surface area contributed by atoms with E-state index in [1.807, 2.05) is 0 Å². The van der Waals surface area contributed by atoms with Crippen molar-refractivity contribution in [2.24, 2.45) is 0 Å². The highest BCUT2D eigenvalue weighted by Crippen LogP contribution is 2.31. The predicted octanol–water partition coefficient (Wildman–Crippen LogP) is -1.97. The normalized spacial score (nSPS) is 37.6. The van der Waals surface area contributed by atoms with Gasteiger partial charge in [0, 0.05) is 5.56 Å². The van der Waals surface area contributed by atoms with Gasteiger partial charge in [0.1, 0.15) is 24.4 Å². The lowest BCUT2D eigenvalue weighted by Crippen LogP contribution is -2.68. The molecule has 1 heterocycles. The van der Waals surface area contributed by atoms with E-state index in [-0.39, 0.29) is 5.56 Å². The maximum atomic E-state index is 12.2. The van der Waals surface area contributed by atoms with E-state index in [0.29, 0.717) is 0 Å². The molecule has 1 unspecified atom stereocenters. The van der Waals surface area contributed by atoms with E-state index in [2.05, 4.69) is 0 Å². The van der Waals surface area contributed by atoms with Crippen LogP contribution < -0.4 is 0 Å². The van der Waals surface area contributed by atoms with Crippen molar-refractivity contribution in [3.8, 4) is 0 Å². The highest BCUT2D eigenvalue weighted by molar-refractivity contribution is 6.01. The summed E-state index contributed by atoms with van der Waals surface area (Å²) < 4.78 is 4.93. The van der Waals surface area contributed by atoms with Gasteiger partial charge < -0.3 is 30.3 Å². The first-order chi connectivity index (χ1) is 9.41. The molecule has 1 fully saturated rings. The molecule has 0 radical (unpaired) electrons. The van der Waals surface area contributed by atoms with Gasteiger partial charge in [-0.1, -0.05) is 30.3 Å². The quantitative estimate of drug-likeness (QED) is 0.407. The summed E-state index contributed by atoms with van der Waals surface area (Å²) in [5, 5.41) is 48.4. The molecule has 7 nitrogen and oxygen atoms in total. The summed E-state index contributed by atoms with van der Waals surface area (Å²) in [5.74, 6) is -3.69. The van der Waals surface area contributed by atoms with Gasteiger partial charge in [-0.05, 0) is 0 Å². The number of Topliss-reactive ketones (excluding diaryl/α,β-unsaturated/α-hetero) is 1. The van der Waals surface area contributed by atoms with Crippen molar-refractivity contribution >= 4 is 5.78 Å². The summed E-state index contributed by atoms with van der Waals surface area (Å²) in [6.45, 7) is -0.727. The molecular weight excluding hydrogens is 268 g/mol. The average molecular weight is 284 g/mol. The van der Waals surface area contributed by atoms with Crippen LogP contribution in [0.15, 0.2) is 30.3 Å². The molecular formula is C13H16O7. The molecule has 0 aromatic heterocycles. The SMILES string of the molecule is O=C(c1ccccc1)C1(O)O[C@H](CO)[C@@H](O)[C@H](O)[C@@H]1O. The van der Waals surface area contributed by atoms with Crippen molar-refractivity contribution in [1.29, 1.82) is 0 Å². The molecule has 5 N–H and O–H groups in total. The van der Waals surface area contributed by atoms with Crippen LogP contribution in [0, 0.1) is 0 Å². The summed E-state index contributed by atoms with van der Waals surface area (Å²) in [6, 6.07) is 7.58. The zero-order valence-electron chi connectivity index (χ0n) is 10.5. The predicted molar refractivity (Wildman–Crippen MR) is 65.7 cm³/mol. The molecule has 1 aromatic rings. The molecule has 20 heavy (non-hydrogen) atoms. The van der Waals surface area contributed by atoms with Gasteiger partial charge in [-0.15, -0.1) is 0 Å². The smallest absolute Gasteiger partial charge is 0.261 e. The van der Waals surface area contributed by atoms with Crippen LogP contribution in [0.5, 0.6) is 0 Å². The molecule has 1 aromatic carbocycles. The van der Waals surface area contributed by atoms with Gasteiger partial charge in [0.2, 0.25) is 5.78 Å². The maximum absolute atomic E-state index is 12.2. The second-order valence-electron chi connectivity index (χ2n) is 4.66. The maximum Gasteiger partial charge on any atom is 0.261 e. The van der Waals surface area contributed by atoms with Crippen LogP contribution in [0.3, 0.4) is 0 Å². The lowest BCUT2D eigenvalue weighted by Gasteiger charge is -2.44. The molecule has 7 heteroatoms. The average Bonchev–Trinajstić information content (AvgIpc) is 2.49. The van der Waals surface area contributed by atoms with Gasteiger partial charge in [-0.2, -0.15) is 0 Å². The van der Waals surface area contributed by atoms with Gasteiger partial charge in [-0.3, -0.25) is 4.79 Å². The summed E-state index contributed by atoms with van der Waals surface area (Å²) in [7, 11) is 0. The number of benzene rings is 1. The van der Waals surface area contributed by atoms with Crippen molar-refractivity contribution in [1.82, 2.24) is 0 Å². The Balaban J connectivity index is 2.34. The van der Waals surface area contributed by atoms with Crippen molar-refractivity contribution in [2.45, 2.75) is 30.2 Å². The Morgan fingerprint density at radius 3 is 2.30 bits per heavy atom. The topological polar surface area (TPSA) is 127 Å². The lowest BCUT2D eigenvalue weighted by atomic mass is 9.88. The van der Waals surface area contributed by atoms with Crippen LogP contribution >= 0.6 is 0 Å². The van der Waals surface area contributed by atoms with E-state index in [9.17, 15) is 25.2 Å². The minimum absolute atomic E-state index is 0.0642. The van der Waals surface area contributed by atoms with Crippen molar-refractivity contribution in [3.63, 3.8) is 0 Å². The molecule has 0 aliphatic carbocycles. The van der Waals surface area contributed by atoms with Crippen molar-refractivity contribution in [3.05, 3.63) is 35.9 Å². The zero-order valence-corrected chi connectivity index (χ0v) is 10.5. The second kappa shape index (κ2) is 5.57. The van der Waals surface area contributed by atoms with Gasteiger partial charge >= 0.3 is 0 Å². The fourth-order valence-electron chi connectivity index (χ4n) is 2.14. The largest absolute Gasteiger partial charge is 0.394 e. The fourth-order valence-corrected chi connectivity index (χ4v) is 2.14. The van der Waals surface area contributed by atoms with Gasteiger partial charge in [-0.25, -0.2) is 0 Å². The molecule has 5 atom stereocenters. The van der Waals surface area contributed by atoms with Crippen LogP contribution in [0.2, 0.25) is 0 Å². The van der Waals surface area contributed by atoms with Gasteiger partial charge in [0.25, 0.3) is 5.79 Å². The van der Waals surface area contributed by atoms with E-state index in [1.165, 1.54) is 12.1 Å². The molecule has 0 saturated carbocycles. The third-order valence-corrected chi connectivity index (χ3v) is 3.33. The molecule has 1 aliphatic heterocycles. The number of hydrogen-bond donors (Lipinski definition) is 5. The van der Waals surface area contributed by atoms with E-state index >= 15 is 0 Å². The number of rotatable bonds is 3. The van der Waals surface area contributed by atoms with Crippen LogP contribution in [-0.2, 0) is 4.74 Å². The highest BCUT2D eigenvalue weighted by atomic mass is 16.7. The van der Waals surface area contributed by atoms with Crippen LogP contribution in [0.1, 0.15) is 10.4 Å². The molecule has 0 amide bonds. The highest BCUT2D eigenvalue weighted by Gasteiger charge is 2.57. The Morgan fingerprint density at radius 2 is 1.75 bits per heavy atom. The van der Waals surface area contributed by atoms with Crippen LogP contribution in [0.4, 0.5) is 0 Å². The third-order valence-electron chi connectivity index (χ3n) is 3.33. The summed E-state index contributed by atoms with van der Waals surface area (Å²) in [5.41, 5.74) is 0.0642. The number of hydrogen-bond acceptors (Lipinski definition) is 7. The van der Waals surface area contributed by atoms with Crippen molar-refractivity contribution in [2.75, 3.05) is 6.61 Å². The zero-order chi connectivity index (χ0) is 14.9. The Bertz CT molecular complexity index is 475. The molecule has 2 rings (SSSR count). The van der Waals surface area contributed by atoms with E-state index in [1.54, 1.807) is 18.2 Å². The Labute approximate surface area is 114 Å².